The molecule has 0 atom stereocenters. The van der Waals surface area contributed by atoms with Gasteiger partial charge in [0.15, 0.2) is 0 Å². The van der Waals surface area contributed by atoms with Crippen molar-refractivity contribution in [1.82, 2.24) is 0 Å². The summed E-state index contributed by atoms with van der Waals surface area (Å²) in [5.41, 5.74) is 2.81. The van der Waals surface area contributed by atoms with Crippen LogP contribution in [0.2, 0.25) is 0 Å². The highest BCUT2D eigenvalue weighted by atomic mass is 32.2. The molecule has 0 aliphatic rings. The van der Waals surface area contributed by atoms with Gasteiger partial charge >= 0.3 is 0 Å². The van der Waals surface area contributed by atoms with Gasteiger partial charge in [0.25, 0.3) is 15.9 Å². The van der Waals surface area contributed by atoms with Crippen molar-refractivity contribution < 1.29 is 17.9 Å². The van der Waals surface area contributed by atoms with Crippen molar-refractivity contribution >= 4 is 27.3 Å². The molecule has 1 amide bonds. The van der Waals surface area contributed by atoms with E-state index in [-0.39, 0.29) is 10.8 Å². The highest BCUT2D eigenvalue weighted by Crippen LogP contribution is 2.24. The van der Waals surface area contributed by atoms with Crippen LogP contribution in [0.4, 0.5) is 11.4 Å². The molecule has 31 heavy (non-hydrogen) atoms. The first-order valence-corrected chi connectivity index (χ1v) is 11.1. The Kier molecular flexibility index (Phi) is 6.77. The van der Waals surface area contributed by atoms with Gasteiger partial charge in [0.1, 0.15) is 12.4 Å². The second kappa shape index (κ2) is 9.49. The van der Waals surface area contributed by atoms with Gasteiger partial charge in [-0.25, -0.2) is 8.42 Å². The number of ether oxygens (including phenoxy) is 1. The maximum atomic E-state index is 12.8. The van der Waals surface area contributed by atoms with E-state index in [0.717, 1.165) is 5.56 Å². The zero-order chi connectivity index (χ0) is 22.4. The number of benzene rings is 3. The highest BCUT2D eigenvalue weighted by Gasteiger charge is 2.18. The van der Waals surface area contributed by atoms with Crippen molar-refractivity contribution in [3.05, 3.63) is 96.1 Å². The minimum Gasteiger partial charge on any atom is -0.490 e. The van der Waals surface area contributed by atoms with Crippen LogP contribution in [0, 0.1) is 13.8 Å². The molecule has 0 unspecified atom stereocenters. The molecule has 0 heterocycles. The second-order valence-electron chi connectivity index (χ2n) is 6.97. The summed E-state index contributed by atoms with van der Waals surface area (Å²) in [5, 5.41) is 2.82. The first kappa shape index (κ1) is 22.1. The quantitative estimate of drug-likeness (QED) is 0.491. The summed E-state index contributed by atoms with van der Waals surface area (Å²) in [6.45, 7) is 7.59. The van der Waals surface area contributed by atoms with Crippen LogP contribution in [0.1, 0.15) is 21.5 Å². The molecule has 0 radical (unpaired) electrons. The van der Waals surface area contributed by atoms with Gasteiger partial charge < -0.3 is 10.1 Å². The van der Waals surface area contributed by atoms with E-state index in [1.54, 1.807) is 79.7 Å². The molecular formula is C24H24N2O4S. The molecule has 6 nitrogen and oxygen atoms in total. The van der Waals surface area contributed by atoms with Crippen molar-refractivity contribution in [2.75, 3.05) is 16.6 Å². The lowest BCUT2D eigenvalue weighted by Gasteiger charge is -2.14. The molecule has 3 aromatic carbocycles. The molecule has 0 bridgehead atoms. The van der Waals surface area contributed by atoms with Crippen LogP contribution < -0.4 is 14.8 Å². The van der Waals surface area contributed by atoms with Gasteiger partial charge in [-0.3, -0.25) is 9.52 Å². The lowest BCUT2D eigenvalue weighted by molar-refractivity contribution is 0.102. The third-order valence-corrected chi connectivity index (χ3v) is 6.02. The lowest BCUT2D eigenvalue weighted by Crippen LogP contribution is -2.17. The van der Waals surface area contributed by atoms with E-state index in [1.165, 1.54) is 0 Å². The number of anilines is 2. The summed E-state index contributed by atoms with van der Waals surface area (Å²) in [7, 11) is -3.77. The van der Waals surface area contributed by atoms with Crippen LogP contribution >= 0.6 is 0 Å². The van der Waals surface area contributed by atoms with Crippen LogP contribution in [0.25, 0.3) is 0 Å². The molecule has 160 valence electrons. The predicted octanol–water partition coefficient (Wildman–Crippen LogP) is 4.92. The monoisotopic (exact) mass is 436 g/mol. The minimum absolute atomic E-state index is 0.158. The fraction of sp³-hybridized carbons (Fsp3) is 0.125. The van der Waals surface area contributed by atoms with Crippen molar-refractivity contribution in [1.29, 1.82) is 0 Å². The number of rotatable bonds is 8. The van der Waals surface area contributed by atoms with Crippen molar-refractivity contribution in [3.8, 4) is 5.75 Å². The Labute approximate surface area is 182 Å². The maximum absolute atomic E-state index is 12.8. The fourth-order valence-electron chi connectivity index (χ4n) is 2.90. The first-order chi connectivity index (χ1) is 14.8. The molecule has 0 aliphatic carbocycles. The summed E-state index contributed by atoms with van der Waals surface area (Å²) in [5.74, 6) is 0.329. The highest BCUT2D eigenvalue weighted by molar-refractivity contribution is 7.92. The number of hydrogen-bond donors (Lipinski definition) is 2. The molecular weight excluding hydrogens is 412 g/mol. The SMILES string of the molecule is C=CCOc1ccc(NC(=O)c2cccc(NS(=O)(=O)c3ccc(C)cc3)c2C)cc1. The van der Waals surface area contributed by atoms with Gasteiger partial charge in [-0.05, 0) is 67.9 Å². The van der Waals surface area contributed by atoms with Gasteiger partial charge in [-0.2, -0.15) is 0 Å². The van der Waals surface area contributed by atoms with Crippen LogP contribution in [0.15, 0.2) is 84.3 Å². The van der Waals surface area contributed by atoms with E-state index < -0.39 is 10.0 Å². The molecule has 0 saturated heterocycles. The molecule has 0 fully saturated rings. The third-order valence-electron chi connectivity index (χ3n) is 4.63. The Bertz CT molecular complexity index is 1190. The normalized spacial score (nSPS) is 10.9. The number of carbonyl (C=O) groups is 1. The number of carbonyl (C=O) groups excluding carboxylic acids is 1. The Morgan fingerprint density at radius 3 is 2.32 bits per heavy atom. The molecule has 3 aromatic rings. The lowest BCUT2D eigenvalue weighted by atomic mass is 10.1. The van der Waals surface area contributed by atoms with Gasteiger partial charge in [-0.1, -0.05) is 36.4 Å². The first-order valence-electron chi connectivity index (χ1n) is 9.64. The average Bonchev–Trinajstić information content (AvgIpc) is 2.75. The number of sulfonamides is 1. The van der Waals surface area contributed by atoms with Crippen LogP contribution in [0.5, 0.6) is 5.75 Å². The maximum Gasteiger partial charge on any atom is 0.261 e. The molecule has 0 spiro atoms. The standard InChI is InChI=1S/C24H24N2O4S/c1-4-16-30-20-12-10-19(11-13-20)25-24(27)22-6-5-7-23(18(22)3)26-31(28,29)21-14-8-17(2)9-15-21/h4-15,26H,1,16H2,2-3H3,(H,25,27). The Balaban J connectivity index is 1.77. The molecule has 0 saturated carbocycles. The molecule has 3 rings (SSSR count). The average molecular weight is 437 g/mol. The van der Waals surface area contributed by atoms with E-state index in [9.17, 15) is 13.2 Å². The van der Waals surface area contributed by atoms with Crippen LogP contribution in [-0.4, -0.2) is 20.9 Å². The van der Waals surface area contributed by atoms with E-state index in [1.807, 2.05) is 6.92 Å². The zero-order valence-corrected chi connectivity index (χ0v) is 18.2. The Hall–Kier alpha value is -3.58. The van der Waals surface area contributed by atoms with E-state index in [0.29, 0.717) is 34.9 Å². The zero-order valence-electron chi connectivity index (χ0n) is 17.4. The van der Waals surface area contributed by atoms with Gasteiger partial charge in [0.05, 0.1) is 10.6 Å². The summed E-state index contributed by atoms with van der Waals surface area (Å²) in [6.07, 6.45) is 1.65. The molecule has 7 heteroatoms. The molecule has 0 aliphatic heterocycles. The van der Waals surface area contributed by atoms with Gasteiger partial charge in [-0.15, -0.1) is 0 Å². The van der Waals surface area contributed by atoms with E-state index in [4.69, 9.17) is 4.74 Å². The van der Waals surface area contributed by atoms with Crippen molar-refractivity contribution in [2.45, 2.75) is 18.7 Å². The summed E-state index contributed by atoms with van der Waals surface area (Å²) >= 11 is 0. The molecule has 0 aromatic heterocycles. The summed E-state index contributed by atoms with van der Waals surface area (Å²) < 4.78 is 33.4. The molecule has 2 N–H and O–H groups in total. The summed E-state index contributed by atoms with van der Waals surface area (Å²) in [4.78, 5) is 12.9. The Morgan fingerprint density at radius 1 is 1.00 bits per heavy atom. The number of amides is 1. The number of hydrogen-bond acceptors (Lipinski definition) is 4. The summed E-state index contributed by atoms with van der Waals surface area (Å²) in [6, 6.07) is 18.4. The minimum atomic E-state index is -3.77. The van der Waals surface area contributed by atoms with E-state index in [2.05, 4.69) is 16.6 Å². The van der Waals surface area contributed by atoms with Gasteiger partial charge in [0, 0.05) is 11.3 Å². The van der Waals surface area contributed by atoms with Crippen molar-refractivity contribution in [2.24, 2.45) is 0 Å². The number of aryl methyl sites for hydroxylation is 1. The third kappa shape index (κ3) is 5.52. The predicted molar refractivity (Wildman–Crippen MR) is 123 cm³/mol. The van der Waals surface area contributed by atoms with Crippen molar-refractivity contribution in [3.63, 3.8) is 0 Å². The Morgan fingerprint density at radius 2 is 1.68 bits per heavy atom. The van der Waals surface area contributed by atoms with Crippen LogP contribution in [0.3, 0.4) is 0 Å². The second-order valence-corrected chi connectivity index (χ2v) is 8.66. The van der Waals surface area contributed by atoms with E-state index >= 15 is 0 Å². The fourth-order valence-corrected chi connectivity index (χ4v) is 4.02. The smallest absolute Gasteiger partial charge is 0.261 e. The topological polar surface area (TPSA) is 84.5 Å². The van der Waals surface area contributed by atoms with Crippen LogP contribution in [-0.2, 0) is 10.0 Å². The largest absolute Gasteiger partial charge is 0.490 e. The van der Waals surface area contributed by atoms with Gasteiger partial charge in [0.2, 0.25) is 0 Å². The number of nitrogens with one attached hydrogen (secondary N) is 2.